The van der Waals surface area contributed by atoms with Crippen LogP contribution < -0.4 is 4.74 Å². The molecule has 28 heteroatoms. The van der Waals surface area contributed by atoms with E-state index in [0.717, 1.165) is 17.2 Å². The summed E-state index contributed by atoms with van der Waals surface area (Å²) >= 11 is 0. The maximum absolute atomic E-state index is 13.0. The van der Waals surface area contributed by atoms with E-state index in [1.54, 1.807) is 56.4 Å². The summed E-state index contributed by atoms with van der Waals surface area (Å²) in [5, 5.41) is 154. The van der Waals surface area contributed by atoms with Gasteiger partial charge in [0, 0.05) is 22.8 Å². The number of phenols is 1. The van der Waals surface area contributed by atoms with Crippen molar-refractivity contribution < 1.29 is 138 Å². The smallest absolute Gasteiger partial charge is 0.336 e. The van der Waals surface area contributed by atoms with Gasteiger partial charge >= 0.3 is 17.9 Å². The van der Waals surface area contributed by atoms with E-state index < -0.39 is 174 Å². The molecule has 4 aliphatic rings. The minimum atomic E-state index is -1.92. The molecule has 83 heavy (non-hydrogen) atoms. The fourth-order valence-corrected chi connectivity index (χ4v) is 8.26. The molecule has 462 valence electrons. The van der Waals surface area contributed by atoms with E-state index in [9.17, 15) is 91.0 Å². The number of ether oxygens (including phenoxy) is 10. The summed E-state index contributed by atoms with van der Waals surface area (Å²) in [5.74, 6) is -3.10. The second-order valence-electron chi connectivity index (χ2n) is 19.7. The van der Waals surface area contributed by atoms with E-state index in [2.05, 4.69) is 0 Å². The van der Waals surface area contributed by atoms with Crippen LogP contribution >= 0.6 is 0 Å². The van der Waals surface area contributed by atoms with E-state index in [-0.39, 0.29) is 28.2 Å². The lowest BCUT2D eigenvalue weighted by atomic mass is 9.98. The van der Waals surface area contributed by atoms with Crippen molar-refractivity contribution in [1.29, 1.82) is 0 Å². The molecule has 4 heterocycles. The van der Waals surface area contributed by atoms with Crippen molar-refractivity contribution in [3.8, 4) is 11.5 Å². The SMILES string of the molecule is COc1cc(/C=C/C(=O)OCC2O[C@@H](OCC3O[C@@H](OC(=O)/C(C)=C/C=C/C(C)=C/C=C/C=C(C)/C=C/C=C(\C)C(=O)O[C@@H]4OC(CO[C@@H]5OC(CO)[C@@H](O)[C@H](O)C5O)[C@@H](O)[C@H](O)C4O)C(O)[C@@H](O)[C@@H]3O)C(O)[C@@H](O)[C@@H]2O)cc(CO)c1O. The number of carbonyl (C=O) groups is 3. The number of esters is 3. The molecule has 1 aromatic rings. The first-order valence-corrected chi connectivity index (χ1v) is 25.9. The number of aliphatic hydroxyl groups excluding tert-OH is 14. The van der Waals surface area contributed by atoms with Gasteiger partial charge in [0.05, 0.1) is 33.5 Å². The number of hydrogen-bond acceptors (Lipinski definition) is 28. The topological polar surface area (TPSA) is 447 Å². The maximum atomic E-state index is 13.0. The molecule has 0 radical (unpaired) electrons. The molecule has 0 amide bonds. The summed E-state index contributed by atoms with van der Waals surface area (Å²) < 4.78 is 53.6. The zero-order valence-corrected chi connectivity index (χ0v) is 45.7. The van der Waals surface area contributed by atoms with E-state index in [1.165, 1.54) is 57.4 Å². The number of aliphatic hydroxyl groups is 14. The van der Waals surface area contributed by atoms with Crippen molar-refractivity contribution in [2.75, 3.05) is 33.5 Å². The minimum Gasteiger partial charge on any atom is -0.504 e. The quantitative estimate of drug-likeness (QED) is 0.0217. The Balaban J connectivity index is 1.06. The lowest BCUT2D eigenvalue weighted by Gasteiger charge is -2.42. The molecule has 5 rings (SSSR count). The Hall–Kier alpha value is -5.65. The molecule has 4 fully saturated rings. The van der Waals surface area contributed by atoms with E-state index in [0.29, 0.717) is 5.56 Å². The van der Waals surface area contributed by atoms with Crippen LogP contribution in [0.3, 0.4) is 0 Å². The fraction of sp³-hybridized carbons (Fsp3) is 0.545. The Kier molecular flexibility index (Phi) is 26.3. The van der Waals surface area contributed by atoms with Gasteiger partial charge in [0.25, 0.3) is 0 Å². The molecule has 28 nitrogen and oxygen atoms in total. The summed E-state index contributed by atoms with van der Waals surface area (Å²) in [6, 6.07) is 2.79. The second kappa shape index (κ2) is 32.0. The van der Waals surface area contributed by atoms with Crippen LogP contribution in [-0.2, 0) is 63.6 Å². The third-order valence-corrected chi connectivity index (χ3v) is 13.4. The molecule has 4 saturated heterocycles. The zero-order valence-electron chi connectivity index (χ0n) is 45.7. The first-order chi connectivity index (χ1) is 39.3. The predicted molar refractivity (Wildman–Crippen MR) is 281 cm³/mol. The molecule has 20 atom stereocenters. The summed E-state index contributed by atoms with van der Waals surface area (Å²) in [4.78, 5) is 38.4. The van der Waals surface area contributed by atoms with Gasteiger partial charge in [0.1, 0.15) is 104 Å². The Morgan fingerprint density at radius 1 is 0.494 bits per heavy atom. The zero-order chi connectivity index (χ0) is 61.4. The van der Waals surface area contributed by atoms with Crippen molar-refractivity contribution in [2.24, 2.45) is 0 Å². The highest BCUT2D eigenvalue weighted by molar-refractivity contribution is 5.89. The third-order valence-electron chi connectivity index (χ3n) is 13.4. The molecule has 15 N–H and O–H groups in total. The van der Waals surface area contributed by atoms with E-state index in [1.807, 2.05) is 0 Å². The Morgan fingerprint density at radius 2 is 0.892 bits per heavy atom. The van der Waals surface area contributed by atoms with Gasteiger partial charge in [-0.2, -0.15) is 0 Å². The van der Waals surface area contributed by atoms with Crippen molar-refractivity contribution in [3.05, 3.63) is 112 Å². The van der Waals surface area contributed by atoms with Gasteiger partial charge in [0.15, 0.2) is 24.1 Å². The lowest BCUT2D eigenvalue weighted by molar-refractivity contribution is -0.326. The molecule has 0 spiro atoms. The van der Waals surface area contributed by atoms with Gasteiger partial charge in [-0.15, -0.1) is 0 Å². The van der Waals surface area contributed by atoms with Gasteiger partial charge in [-0.05, 0) is 51.5 Å². The van der Waals surface area contributed by atoms with Crippen molar-refractivity contribution in [3.63, 3.8) is 0 Å². The highest BCUT2D eigenvalue weighted by Gasteiger charge is 2.50. The molecule has 0 saturated carbocycles. The standard InChI is InChI=1S/C55H74O28/c1-25(12-8-14-27(3)50(72)82-54-48(70)44(66)40(62)34(80-54)23-76-52-46(68)42(64)38(60)32(21-57)78-52)10-6-7-11-26(2)13-9-15-28(4)51(73)83-55-49(71)45(67)41(63)35(81-55)24-77-53-47(69)43(65)39(61)33(79-53)22-75-36(58)17-16-29-18-30(20-56)37(59)31(19-29)74-5/h6-19,32-35,38-49,52-57,59-71H,20-24H2,1-5H3/b7-6+,12-8+,13-9+,17-16+,25-10+,26-11+,27-14+,28-15+/t32?,33?,34?,35?,38-,39-,40-,41-,42+,43+,44+,45+,46?,47?,48?,49?,52-,53-,54+,55+/m1/s1. The number of allylic oxidation sites excluding steroid dienone is 12. The Morgan fingerprint density at radius 3 is 1.31 bits per heavy atom. The number of carbonyl (C=O) groups excluding carboxylic acids is 3. The summed E-state index contributed by atoms with van der Waals surface area (Å²) in [6.45, 7) is 3.17. The van der Waals surface area contributed by atoms with Gasteiger partial charge in [0.2, 0.25) is 12.6 Å². The van der Waals surface area contributed by atoms with Crippen LogP contribution in [0, 0.1) is 0 Å². The van der Waals surface area contributed by atoms with Crippen molar-refractivity contribution >= 4 is 24.0 Å². The van der Waals surface area contributed by atoms with Crippen LogP contribution in [0.2, 0.25) is 0 Å². The molecule has 1 aromatic carbocycles. The highest BCUT2D eigenvalue weighted by Crippen LogP contribution is 2.33. The molecule has 0 aliphatic carbocycles. The number of hydrogen-bond donors (Lipinski definition) is 15. The van der Waals surface area contributed by atoms with Crippen LogP contribution in [-0.4, -0.2) is 251 Å². The average Bonchev–Trinajstić information content (AvgIpc) is 3.67. The average molecular weight is 1180 g/mol. The normalized spacial score (nSPS) is 35.1. The highest BCUT2D eigenvalue weighted by atomic mass is 16.8. The van der Waals surface area contributed by atoms with E-state index in [4.69, 9.17) is 47.4 Å². The number of methoxy groups -OCH3 is 1. The number of rotatable bonds is 23. The van der Waals surface area contributed by atoms with Crippen molar-refractivity contribution in [2.45, 2.75) is 157 Å². The Bertz CT molecular complexity index is 2550. The monoisotopic (exact) mass is 1180 g/mol. The predicted octanol–water partition coefficient (Wildman–Crippen LogP) is -3.75. The number of benzene rings is 1. The molecule has 0 aromatic heterocycles. The van der Waals surface area contributed by atoms with Gasteiger partial charge in [-0.25, -0.2) is 14.4 Å². The van der Waals surface area contributed by atoms with Crippen LogP contribution in [0.5, 0.6) is 11.5 Å². The fourth-order valence-electron chi connectivity index (χ4n) is 8.26. The minimum absolute atomic E-state index is 0.0342. The van der Waals surface area contributed by atoms with Gasteiger partial charge in [-0.3, -0.25) is 0 Å². The van der Waals surface area contributed by atoms with Gasteiger partial charge < -0.3 is 124 Å². The Labute approximate surface area is 475 Å². The maximum Gasteiger partial charge on any atom is 0.336 e. The summed E-state index contributed by atoms with van der Waals surface area (Å²) in [6.07, 6.45) is -16.0. The van der Waals surface area contributed by atoms with E-state index >= 15 is 0 Å². The molecule has 4 aliphatic heterocycles. The molecular formula is C55H74O28. The second-order valence-corrected chi connectivity index (χ2v) is 19.7. The first-order valence-electron chi connectivity index (χ1n) is 25.9. The summed E-state index contributed by atoms with van der Waals surface area (Å²) in [5.41, 5.74) is 2.07. The van der Waals surface area contributed by atoms with Crippen LogP contribution in [0.4, 0.5) is 0 Å². The first kappa shape index (κ1) is 68.1. The lowest BCUT2D eigenvalue weighted by Crippen LogP contribution is -2.62. The van der Waals surface area contributed by atoms with Crippen molar-refractivity contribution in [1.82, 2.24) is 0 Å². The largest absolute Gasteiger partial charge is 0.504 e. The molecular weight excluding hydrogens is 1110 g/mol. The van der Waals surface area contributed by atoms with Gasteiger partial charge in [-0.1, -0.05) is 71.9 Å². The molecule has 0 bridgehead atoms. The molecule has 8 unspecified atom stereocenters. The van der Waals surface area contributed by atoms with Crippen LogP contribution in [0.1, 0.15) is 38.8 Å². The summed E-state index contributed by atoms with van der Waals surface area (Å²) in [7, 11) is 1.30. The number of aromatic hydroxyl groups is 1. The van der Waals surface area contributed by atoms with Crippen LogP contribution in [0.15, 0.2) is 101 Å². The van der Waals surface area contributed by atoms with Crippen LogP contribution in [0.25, 0.3) is 6.08 Å². The third kappa shape index (κ3) is 18.4.